The Morgan fingerprint density at radius 1 is 1.44 bits per heavy atom. The van der Waals surface area contributed by atoms with Gasteiger partial charge in [0.05, 0.1) is 6.10 Å². The van der Waals surface area contributed by atoms with Crippen LogP contribution in [0.3, 0.4) is 0 Å². The van der Waals surface area contributed by atoms with E-state index in [0.29, 0.717) is 6.54 Å². The van der Waals surface area contributed by atoms with E-state index in [4.69, 9.17) is 10.5 Å². The van der Waals surface area contributed by atoms with E-state index in [1.807, 2.05) is 7.05 Å². The fourth-order valence-corrected chi connectivity index (χ4v) is 2.10. The van der Waals surface area contributed by atoms with E-state index in [1.54, 1.807) is 4.90 Å². The number of carbonyl (C=O) groups is 1. The Morgan fingerprint density at radius 3 is 2.50 bits per heavy atom. The molecule has 0 spiro atoms. The number of hydrogen-bond acceptors (Lipinski definition) is 3. The molecule has 1 heterocycles. The lowest BCUT2D eigenvalue weighted by Crippen LogP contribution is -2.41. The maximum Gasteiger partial charge on any atom is 0.251 e. The van der Waals surface area contributed by atoms with Crippen LogP contribution in [0.5, 0.6) is 0 Å². The van der Waals surface area contributed by atoms with Gasteiger partial charge in [-0.15, -0.1) is 0 Å². The fourth-order valence-electron chi connectivity index (χ4n) is 2.10. The number of rotatable bonds is 3. The van der Waals surface area contributed by atoms with Crippen molar-refractivity contribution >= 4 is 5.91 Å². The molecule has 1 fully saturated rings. The number of nitrogens with two attached hydrogens (primary N) is 1. The average Bonchev–Trinajstić information content (AvgIpc) is 2.61. The van der Waals surface area contributed by atoms with Gasteiger partial charge in [0, 0.05) is 20.1 Å². The van der Waals surface area contributed by atoms with Crippen molar-refractivity contribution in [3.8, 4) is 0 Å². The van der Waals surface area contributed by atoms with Crippen LogP contribution in [0, 0.1) is 5.41 Å². The summed E-state index contributed by atoms with van der Waals surface area (Å²) in [5.41, 5.74) is 5.65. The molecule has 0 aromatic rings. The van der Waals surface area contributed by atoms with Gasteiger partial charge in [0.25, 0.3) is 5.91 Å². The molecule has 1 saturated heterocycles. The highest BCUT2D eigenvalue weighted by Crippen LogP contribution is 2.22. The molecule has 0 saturated carbocycles. The fraction of sp³-hybridized carbons (Fsp3) is 0.917. The summed E-state index contributed by atoms with van der Waals surface area (Å²) in [7, 11) is 1.84. The normalized spacial score (nSPS) is 25.8. The molecule has 0 bridgehead atoms. The molecule has 4 heteroatoms. The van der Waals surface area contributed by atoms with Crippen molar-refractivity contribution < 1.29 is 9.53 Å². The lowest BCUT2D eigenvalue weighted by Gasteiger charge is -2.28. The van der Waals surface area contributed by atoms with Crippen molar-refractivity contribution in [1.29, 1.82) is 0 Å². The third kappa shape index (κ3) is 3.76. The smallest absolute Gasteiger partial charge is 0.251 e. The molecule has 1 rings (SSSR count). The van der Waals surface area contributed by atoms with Gasteiger partial charge < -0.3 is 15.4 Å². The quantitative estimate of drug-likeness (QED) is 0.784. The van der Waals surface area contributed by atoms with Gasteiger partial charge in [0.2, 0.25) is 0 Å². The molecule has 1 aliphatic heterocycles. The standard InChI is InChI=1S/C12H24N2O2/c1-12(2,3)8-14(4)11(15)10-6-5-9(7-13)16-10/h9-10H,5-8,13H2,1-4H3. The van der Waals surface area contributed by atoms with Crippen LogP contribution in [-0.2, 0) is 9.53 Å². The van der Waals surface area contributed by atoms with E-state index in [-0.39, 0.29) is 23.5 Å². The Hall–Kier alpha value is -0.610. The Morgan fingerprint density at radius 2 is 2.06 bits per heavy atom. The monoisotopic (exact) mass is 228 g/mol. The van der Waals surface area contributed by atoms with Gasteiger partial charge in [-0.2, -0.15) is 0 Å². The van der Waals surface area contributed by atoms with Crippen LogP contribution in [0.1, 0.15) is 33.6 Å². The summed E-state index contributed by atoms with van der Waals surface area (Å²) in [6, 6.07) is 0. The third-order valence-corrected chi connectivity index (χ3v) is 2.73. The SMILES string of the molecule is CN(CC(C)(C)C)C(=O)C1CCC(CN)O1. The summed E-state index contributed by atoms with van der Waals surface area (Å²) in [6.07, 6.45) is 1.49. The van der Waals surface area contributed by atoms with Crippen LogP contribution in [0.15, 0.2) is 0 Å². The van der Waals surface area contributed by atoms with Crippen LogP contribution in [-0.4, -0.2) is 43.2 Å². The van der Waals surface area contributed by atoms with Crippen molar-refractivity contribution in [3.63, 3.8) is 0 Å². The molecular weight excluding hydrogens is 204 g/mol. The van der Waals surface area contributed by atoms with E-state index in [0.717, 1.165) is 19.4 Å². The van der Waals surface area contributed by atoms with Gasteiger partial charge in [-0.25, -0.2) is 0 Å². The maximum absolute atomic E-state index is 12.0. The van der Waals surface area contributed by atoms with E-state index < -0.39 is 0 Å². The Labute approximate surface area is 98.1 Å². The third-order valence-electron chi connectivity index (χ3n) is 2.73. The molecule has 4 nitrogen and oxygen atoms in total. The summed E-state index contributed by atoms with van der Waals surface area (Å²) >= 11 is 0. The first kappa shape index (κ1) is 13.5. The first-order valence-electron chi connectivity index (χ1n) is 5.94. The Bertz CT molecular complexity index is 248. The predicted molar refractivity (Wildman–Crippen MR) is 64.0 cm³/mol. The minimum Gasteiger partial charge on any atom is -0.364 e. The summed E-state index contributed by atoms with van der Waals surface area (Å²) in [5, 5.41) is 0. The Kier molecular flexibility index (Phi) is 4.33. The number of likely N-dealkylation sites (N-methyl/N-ethyl adjacent to an activating group) is 1. The zero-order valence-electron chi connectivity index (χ0n) is 10.8. The van der Waals surface area contributed by atoms with Gasteiger partial charge in [0.15, 0.2) is 0 Å². The van der Waals surface area contributed by atoms with Crippen LogP contribution < -0.4 is 5.73 Å². The second-order valence-corrected chi connectivity index (χ2v) is 5.81. The molecule has 1 aliphatic rings. The average molecular weight is 228 g/mol. The summed E-state index contributed by atoms with van der Waals surface area (Å²) in [6.45, 7) is 7.62. The topological polar surface area (TPSA) is 55.6 Å². The van der Waals surface area contributed by atoms with Crippen molar-refractivity contribution in [1.82, 2.24) is 4.90 Å². The number of carbonyl (C=O) groups excluding carboxylic acids is 1. The minimum atomic E-state index is -0.277. The molecule has 2 N–H and O–H groups in total. The molecule has 2 atom stereocenters. The van der Waals surface area contributed by atoms with Gasteiger partial charge in [-0.3, -0.25) is 4.79 Å². The number of amides is 1. The zero-order chi connectivity index (χ0) is 12.3. The summed E-state index contributed by atoms with van der Waals surface area (Å²) in [5.74, 6) is 0.0888. The summed E-state index contributed by atoms with van der Waals surface area (Å²) in [4.78, 5) is 13.8. The molecular formula is C12H24N2O2. The highest BCUT2D eigenvalue weighted by atomic mass is 16.5. The van der Waals surface area contributed by atoms with Gasteiger partial charge in [-0.05, 0) is 18.3 Å². The Balaban J connectivity index is 2.46. The number of ether oxygens (including phenoxy) is 1. The lowest BCUT2D eigenvalue weighted by atomic mass is 9.96. The lowest BCUT2D eigenvalue weighted by molar-refractivity contribution is -0.142. The van der Waals surface area contributed by atoms with Gasteiger partial charge in [-0.1, -0.05) is 20.8 Å². The van der Waals surface area contributed by atoms with Gasteiger partial charge >= 0.3 is 0 Å². The van der Waals surface area contributed by atoms with Crippen LogP contribution >= 0.6 is 0 Å². The second kappa shape index (κ2) is 5.15. The molecule has 0 aliphatic carbocycles. The number of hydrogen-bond donors (Lipinski definition) is 1. The van der Waals surface area contributed by atoms with Crippen LogP contribution in [0.25, 0.3) is 0 Å². The molecule has 0 aromatic carbocycles. The highest BCUT2D eigenvalue weighted by molar-refractivity contribution is 5.81. The van der Waals surface area contributed by atoms with Crippen molar-refractivity contribution in [3.05, 3.63) is 0 Å². The molecule has 16 heavy (non-hydrogen) atoms. The van der Waals surface area contributed by atoms with E-state index >= 15 is 0 Å². The van der Waals surface area contributed by atoms with Crippen LogP contribution in [0.2, 0.25) is 0 Å². The first-order valence-corrected chi connectivity index (χ1v) is 5.94. The highest BCUT2D eigenvalue weighted by Gasteiger charge is 2.32. The van der Waals surface area contributed by atoms with E-state index in [1.165, 1.54) is 0 Å². The minimum absolute atomic E-state index is 0.0667. The van der Waals surface area contributed by atoms with Gasteiger partial charge in [0.1, 0.15) is 6.10 Å². The summed E-state index contributed by atoms with van der Waals surface area (Å²) < 4.78 is 5.59. The number of nitrogens with zero attached hydrogens (tertiary/aromatic N) is 1. The molecule has 1 amide bonds. The largest absolute Gasteiger partial charge is 0.364 e. The van der Waals surface area contributed by atoms with E-state index in [9.17, 15) is 4.79 Å². The molecule has 94 valence electrons. The van der Waals surface area contributed by atoms with Crippen molar-refractivity contribution in [2.75, 3.05) is 20.1 Å². The van der Waals surface area contributed by atoms with Crippen molar-refractivity contribution in [2.45, 2.75) is 45.8 Å². The zero-order valence-corrected chi connectivity index (χ0v) is 10.8. The maximum atomic E-state index is 12.0. The second-order valence-electron chi connectivity index (χ2n) is 5.81. The van der Waals surface area contributed by atoms with Crippen molar-refractivity contribution in [2.24, 2.45) is 11.1 Å². The van der Waals surface area contributed by atoms with E-state index in [2.05, 4.69) is 20.8 Å². The molecule has 0 radical (unpaired) electrons. The predicted octanol–water partition coefficient (Wildman–Crippen LogP) is 0.997. The van der Waals surface area contributed by atoms with Crippen LogP contribution in [0.4, 0.5) is 0 Å². The molecule has 2 unspecified atom stereocenters. The molecule has 0 aromatic heterocycles. The first-order chi connectivity index (χ1) is 7.33.